The summed E-state index contributed by atoms with van der Waals surface area (Å²) < 4.78 is 0. The van der Waals surface area contributed by atoms with Crippen molar-refractivity contribution >= 4 is 17.8 Å². The number of primary amides is 1. The lowest BCUT2D eigenvalue weighted by molar-refractivity contribution is -0.137. The first-order valence-electron chi connectivity index (χ1n) is 5.32. The molecule has 0 rings (SSSR count). The zero-order valence-electron chi connectivity index (χ0n) is 9.97. The monoisotopic (exact) mass is 245 g/mol. The predicted molar refractivity (Wildman–Crippen MR) is 60.8 cm³/mol. The third-order valence-corrected chi connectivity index (χ3v) is 2.33. The van der Waals surface area contributed by atoms with Crippen LogP contribution in [0.15, 0.2) is 0 Å². The molecule has 0 bridgehead atoms. The molecule has 6 N–H and O–H groups in total. The molecule has 0 aliphatic rings. The molecule has 0 aromatic rings. The number of carboxylic acids is 1. The van der Waals surface area contributed by atoms with Gasteiger partial charge in [0, 0.05) is 6.42 Å². The van der Waals surface area contributed by atoms with Gasteiger partial charge in [0.2, 0.25) is 11.8 Å². The van der Waals surface area contributed by atoms with E-state index >= 15 is 0 Å². The first-order chi connectivity index (χ1) is 7.75. The molecule has 7 heteroatoms. The second-order valence-corrected chi connectivity index (χ2v) is 4.17. The van der Waals surface area contributed by atoms with E-state index in [1.807, 2.05) is 0 Å². The van der Waals surface area contributed by atoms with E-state index in [1.165, 1.54) is 0 Å². The second-order valence-electron chi connectivity index (χ2n) is 4.17. The maximum atomic E-state index is 11.6. The van der Waals surface area contributed by atoms with Gasteiger partial charge in [-0.15, -0.1) is 0 Å². The van der Waals surface area contributed by atoms with Crippen LogP contribution in [0.3, 0.4) is 0 Å². The normalized spacial score (nSPS) is 14.1. The van der Waals surface area contributed by atoms with Gasteiger partial charge in [0.15, 0.2) is 0 Å². The third kappa shape index (κ3) is 5.86. The van der Waals surface area contributed by atoms with E-state index in [4.69, 9.17) is 16.6 Å². The minimum atomic E-state index is -1.06. The average Bonchev–Trinajstić information content (AvgIpc) is 2.21. The summed E-state index contributed by atoms with van der Waals surface area (Å²) in [5, 5.41) is 10.8. The molecular weight excluding hydrogens is 226 g/mol. The Labute approximate surface area is 99.5 Å². The topological polar surface area (TPSA) is 136 Å². The van der Waals surface area contributed by atoms with Crippen molar-refractivity contribution in [1.82, 2.24) is 5.32 Å². The van der Waals surface area contributed by atoms with Crippen LogP contribution in [-0.2, 0) is 14.4 Å². The highest BCUT2D eigenvalue weighted by atomic mass is 16.4. The molecule has 0 unspecified atom stereocenters. The number of nitrogens with two attached hydrogens (primary N) is 2. The highest BCUT2D eigenvalue weighted by Crippen LogP contribution is 2.01. The van der Waals surface area contributed by atoms with Crippen LogP contribution >= 0.6 is 0 Å². The quantitative estimate of drug-likeness (QED) is 0.447. The standard InChI is InChI=1S/C10H19N3O4/c1-5(2)8(11)10(17)13-6(9(12)16)3-4-7(14)15/h5-6,8H,3-4,11H2,1-2H3,(H2,12,16)(H,13,17)(H,14,15)/t6-,8+/m1/s1. The fourth-order valence-electron chi connectivity index (χ4n) is 1.12. The van der Waals surface area contributed by atoms with Gasteiger partial charge in [0.1, 0.15) is 6.04 Å². The Balaban J connectivity index is 4.39. The van der Waals surface area contributed by atoms with Crippen LogP contribution in [0.5, 0.6) is 0 Å². The van der Waals surface area contributed by atoms with Gasteiger partial charge >= 0.3 is 5.97 Å². The molecule has 2 atom stereocenters. The lowest BCUT2D eigenvalue weighted by Gasteiger charge is -2.19. The average molecular weight is 245 g/mol. The van der Waals surface area contributed by atoms with Crippen LogP contribution in [-0.4, -0.2) is 35.0 Å². The second kappa shape index (κ2) is 6.85. The zero-order valence-corrected chi connectivity index (χ0v) is 9.97. The molecule has 98 valence electrons. The van der Waals surface area contributed by atoms with Gasteiger partial charge in [-0.3, -0.25) is 14.4 Å². The summed E-state index contributed by atoms with van der Waals surface area (Å²) in [6.07, 6.45) is -0.286. The maximum absolute atomic E-state index is 11.6. The van der Waals surface area contributed by atoms with Gasteiger partial charge in [-0.25, -0.2) is 0 Å². The van der Waals surface area contributed by atoms with Crippen molar-refractivity contribution in [3.63, 3.8) is 0 Å². The van der Waals surface area contributed by atoms with E-state index in [0.717, 1.165) is 0 Å². The molecule has 2 amide bonds. The highest BCUT2D eigenvalue weighted by Gasteiger charge is 2.23. The Morgan fingerprint density at radius 2 is 1.82 bits per heavy atom. The van der Waals surface area contributed by atoms with E-state index in [9.17, 15) is 14.4 Å². The van der Waals surface area contributed by atoms with E-state index in [-0.39, 0.29) is 18.8 Å². The maximum Gasteiger partial charge on any atom is 0.303 e. The number of amides is 2. The highest BCUT2D eigenvalue weighted by molar-refractivity contribution is 5.89. The molecule has 0 spiro atoms. The number of carbonyl (C=O) groups is 3. The van der Waals surface area contributed by atoms with Crippen molar-refractivity contribution in [2.45, 2.75) is 38.8 Å². The Hall–Kier alpha value is -1.63. The van der Waals surface area contributed by atoms with Crippen LogP contribution in [0.4, 0.5) is 0 Å². The van der Waals surface area contributed by atoms with Crippen molar-refractivity contribution in [2.75, 3.05) is 0 Å². The summed E-state index contributed by atoms with van der Waals surface area (Å²) in [5.41, 5.74) is 10.6. The van der Waals surface area contributed by atoms with Gasteiger partial charge in [0.05, 0.1) is 6.04 Å². The number of hydrogen-bond acceptors (Lipinski definition) is 4. The molecule has 7 nitrogen and oxygen atoms in total. The van der Waals surface area contributed by atoms with E-state index in [0.29, 0.717) is 0 Å². The molecule has 0 aromatic carbocycles. The minimum absolute atomic E-state index is 0.0405. The Kier molecular flexibility index (Phi) is 6.19. The molecule has 0 aliphatic heterocycles. The molecule has 0 fully saturated rings. The zero-order chi connectivity index (χ0) is 13.6. The van der Waals surface area contributed by atoms with Gasteiger partial charge in [-0.1, -0.05) is 13.8 Å². The number of carboxylic acid groups (broad SMARTS) is 1. The Morgan fingerprint density at radius 3 is 2.18 bits per heavy atom. The number of rotatable bonds is 7. The fraction of sp³-hybridized carbons (Fsp3) is 0.700. The number of nitrogens with one attached hydrogen (secondary N) is 1. The van der Waals surface area contributed by atoms with Crippen LogP contribution in [0.2, 0.25) is 0 Å². The van der Waals surface area contributed by atoms with Crippen molar-refractivity contribution in [1.29, 1.82) is 0 Å². The van der Waals surface area contributed by atoms with Crippen LogP contribution in [0.1, 0.15) is 26.7 Å². The molecule has 0 saturated carbocycles. The lowest BCUT2D eigenvalue weighted by Crippen LogP contribution is -2.52. The predicted octanol–water partition coefficient (Wildman–Crippen LogP) is -1.20. The molecular formula is C10H19N3O4. The Morgan fingerprint density at radius 1 is 1.29 bits per heavy atom. The molecule has 0 aliphatic carbocycles. The SMILES string of the molecule is CC(C)[C@H](N)C(=O)N[C@H](CCC(=O)O)C(N)=O. The molecule has 0 heterocycles. The fourth-order valence-corrected chi connectivity index (χ4v) is 1.12. The first kappa shape index (κ1) is 15.4. The summed E-state index contributed by atoms with van der Waals surface area (Å²) in [6, 6.07) is -1.75. The smallest absolute Gasteiger partial charge is 0.303 e. The minimum Gasteiger partial charge on any atom is -0.481 e. The molecule has 17 heavy (non-hydrogen) atoms. The van der Waals surface area contributed by atoms with Gasteiger partial charge < -0.3 is 21.9 Å². The number of carbonyl (C=O) groups excluding carboxylic acids is 2. The Bertz CT molecular complexity index is 304. The number of aliphatic carboxylic acids is 1. The number of hydrogen-bond donors (Lipinski definition) is 4. The van der Waals surface area contributed by atoms with Crippen molar-refractivity contribution in [3.8, 4) is 0 Å². The third-order valence-electron chi connectivity index (χ3n) is 2.33. The molecule has 0 aromatic heterocycles. The molecule has 0 saturated heterocycles. The van der Waals surface area contributed by atoms with E-state index < -0.39 is 29.9 Å². The van der Waals surface area contributed by atoms with Crippen LogP contribution in [0, 0.1) is 5.92 Å². The summed E-state index contributed by atoms with van der Waals surface area (Å²) in [6.45, 7) is 3.53. The van der Waals surface area contributed by atoms with Crippen LogP contribution < -0.4 is 16.8 Å². The summed E-state index contributed by atoms with van der Waals surface area (Å²) in [5.74, 6) is -2.41. The summed E-state index contributed by atoms with van der Waals surface area (Å²) >= 11 is 0. The van der Waals surface area contributed by atoms with Crippen LogP contribution in [0.25, 0.3) is 0 Å². The van der Waals surface area contributed by atoms with Gasteiger partial charge in [-0.2, -0.15) is 0 Å². The van der Waals surface area contributed by atoms with Crippen molar-refractivity contribution in [2.24, 2.45) is 17.4 Å². The van der Waals surface area contributed by atoms with E-state index in [1.54, 1.807) is 13.8 Å². The van der Waals surface area contributed by atoms with Crippen molar-refractivity contribution < 1.29 is 19.5 Å². The summed E-state index contributed by atoms with van der Waals surface area (Å²) in [4.78, 5) is 32.9. The lowest BCUT2D eigenvalue weighted by atomic mass is 10.0. The van der Waals surface area contributed by atoms with E-state index in [2.05, 4.69) is 5.32 Å². The van der Waals surface area contributed by atoms with Crippen molar-refractivity contribution in [3.05, 3.63) is 0 Å². The molecule has 0 radical (unpaired) electrons. The first-order valence-corrected chi connectivity index (χ1v) is 5.32. The van der Waals surface area contributed by atoms with Gasteiger partial charge in [-0.05, 0) is 12.3 Å². The largest absolute Gasteiger partial charge is 0.481 e. The summed E-state index contributed by atoms with van der Waals surface area (Å²) in [7, 11) is 0. The van der Waals surface area contributed by atoms with Gasteiger partial charge in [0.25, 0.3) is 0 Å².